The molecule has 0 saturated heterocycles. The van der Waals surface area contributed by atoms with Crippen LogP contribution >= 0.6 is 0 Å². The second-order valence-corrected chi connectivity index (χ2v) is 11.4. The van der Waals surface area contributed by atoms with Crippen LogP contribution in [0.4, 0.5) is 0 Å². The van der Waals surface area contributed by atoms with E-state index in [1.54, 1.807) is 7.11 Å². The zero-order valence-electron chi connectivity index (χ0n) is 13.1. The normalized spacial score (nSPS) is 13.1. The minimum absolute atomic E-state index is 0.512. The number of benzene rings is 1. The van der Waals surface area contributed by atoms with Crippen LogP contribution in [0, 0.1) is 0 Å². The molecule has 0 radical (unpaired) electrons. The second kappa shape index (κ2) is 6.95. The van der Waals surface area contributed by atoms with Crippen LogP contribution in [0.2, 0.25) is 19.6 Å². The molecule has 1 aromatic carbocycles. The lowest BCUT2D eigenvalue weighted by Crippen LogP contribution is -2.27. The Morgan fingerprint density at radius 2 is 1.79 bits per heavy atom. The molecule has 1 unspecified atom stereocenters. The number of ether oxygens (including phenoxy) is 1. The van der Waals surface area contributed by atoms with Crippen molar-refractivity contribution < 1.29 is 4.74 Å². The molecular formula is C17H28OSi. The highest BCUT2D eigenvalue weighted by Gasteiger charge is 2.25. The fourth-order valence-electron chi connectivity index (χ4n) is 2.31. The maximum Gasteiger partial charge on any atom is 0.118 e. The molecular weight excluding hydrogens is 248 g/mol. The molecule has 106 valence electrons. The van der Waals surface area contributed by atoms with Gasteiger partial charge in [0.15, 0.2) is 0 Å². The molecule has 0 aromatic heterocycles. The van der Waals surface area contributed by atoms with Gasteiger partial charge in [-0.3, -0.25) is 0 Å². The van der Waals surface area contributed by atoms with Gasteiger partial charge >= 0.3 is 0 Å². The molecule has 2 heteroatoms. The summed E-state index contributed by atoms with van der Waals surface area (Å²) in [5, 5.41) is 1.46. The van der Waals surface area contributed by atoms with Crippen LogP contribution in [0.5, 0.6) is 5.75 Å². The lowest BCUT2D eigenvalue weighted by atomic mass is 9.93. The highest BCUT2D eigenvalue weighted by molar-refractivity contribution is 6.83. The van der Waals surface area contributed by atoms with E-state index >= 15 is 0 Å². The number of methoxy groups -OCH3 is 1. The maximum atomic E-state index is 5.24. The standard InChI is InChI=1S/C17H28OSi/c1-7-8-9-17(14(2)19(4,5)6)15-10-12-16(18-3)13-11-15/h10-13,17H,2,7-9H2,1,3-6H3. The molecule has 1 atom stereocenters. The van der Waals surface area contributed by atoms with Crippen molar-refractivity contribution in [3.05, 3.63) is 41.6 Å². The first-order valence-electron chi connectivity index (χ1n) is 7.23. The highest BCUT2D eigenvalue weighted by Crippen LogP contribution is 2.34. The van der Waals surface area contributed by atoms with Gasteiger partial charge in [0.05, 0.1) is 15.2 Å². The first kappa shape index (κ1) is 16.0. The summed E-state index contributed by atoms with van der Waals surface area (Å²) in [7, 11) is 0.409. The topological polar surface area (TPSA) is 9.23 Å². The summed E-state index contributed by atoms with van der Waals surface area (Å²) >= 11 is 0. The summed E-state index contributed by atoms with van der Waals surface area (Å²) in [6.45, 7) is 13.8. The van der Waals surface area contributed by atoms with Crippen LogP contribution in [0.25, 0.3) is 0 Å². The van der Waals surface area contributed by atoms with E-state index in [-0.39, 0.29) is 0 Å². The van der Waals surface area contributed by atoms with E-state index in [4.69, 9.17) is 4.74 Å². The van der Waals surface area contributed by atoms with Gasteiger partial charge in [-0.15, -0.1) is 6.58 Å². The largest absolute Gasteiger partial charge is 0.497 e. The first-order chi connectivity index (χ1) is 8.90. The average molecular weight is 276 g/mol. The predicted molar refractivity (Wildman–Crippen MR) is 87.7 cm³/mol. The third-order valence-electron chi connectivity index (χ3n) is 3.75. The Morgan fingerprint density at radius 1 is 1.21 bits per heavy atom. The Labute approximate surface area is 119 Å². The van der Waals surface area contributed by atoms with Crippen molar-refractivity contribution in [1.29, 1.82) is 0 Å². The minimum Gasteiger partial charge on any atom is -0.497 e. The smallest absolute Gasteiger partial charge is 0.118 e. The third kappa shape index (κ3) is 4.54. The SMILES string of the molecule is C=C(C(CCCC)c1ccc(OC)cc1)[Si](C)(C)C. The number of unbranched alkanes of at least 4 members (excludes halogenated alkanes) is 1. The van der Waals surface area contributed by atoms with E-state index in [0.717, 1.165) is 5.75 Å². The number of hydrogen-bond acceptors (Lipinski definition) is 1. The summed E-state index contributed by atoms with van der Waals surface area (Å²) in [6, 6.07) is 8.52. The lowest BCUT2D eigenvalue weighted by Gasteiger charge is -2.29. The van der Waals surface area contributed by atoms with E-state index in [0.29, 0.717) is 5.92 Å². The van der Waals surface area contributed by atoms with E-state index in [9.17, 15) is 0 Å². The number of hydrogen-bond donors (Lipinski definition) is 0. The zero-order chi connectivity index (χ0) is 14.5. The van der Waals surface area contributed by atoms with Gasteiger partial charge < -0.3 is 4.74 Å². The molecule has 0 fully saturated rings. The molecule has 1 aromatic rings. The Hall–Kier alpha value is -1.02. The van der Waals surface area contributed by atoms with E-state index in [2.05, 4.69) is 57.4 Å². The zero-order valence-corrected chi connectivity index (χ0v) is 14.1. The van der Waals surface area contributed by atoms with Gasteiger partial charge in [0.2, 0.25) is 0 Å². The monoisotopic (exact) mass is 276 g/mol. The van der Waals surface area contributed by atoms with Crippen LogP contribution < -0.4 is 4.74 Å². The molecule has 0 amide bonds. The fourth-order valence-corrected chi connectivity index (χ4v) is 3.67. The van der Waals surface area contributed by atoms with Gasteiger partial charge in [0.1, 0.15) is 5.75 Å². The summed E-state index contributed by atoms with van der Waals surface area (Å²) in [5.74, 6) is 1.44. The third-order valence-corrected chi connectivity index (χ3v) is 6.02. The molecule has 0 aliphatic rings. The molecule has 0 saturated carbocycles. The number of allylic oxidation sites excluding steroid dienone is 1. The second-order valence-electron chi connectivity index (χ2n) is 6.24. The molecule has 0 aliphatic carbocycles. The van der Waals surface area contributed by atoms with Crippen molar-refractivity contribution in [3.8, 4) is 5.75 Å². The molecule has 0 N–H and O–H groups in total. The maximum absolute atomic E-state index is 5.24. The van der Waals surface area contributed by atoms with Crippen molar-refractivity contribution in [2.24, 2.45) is 0 Å². The highest BCUT2D eigenvalue weighted by atomic mass is 28.3. The van der Waals surface area contributed by atoms with Crippen molar-refractivity contribution >= 4 is 8.07 Å². The van der Waals surface area contributed by atoms with Gasteiger partial charge in [0, 0.05) is 5.92 Å². The van der Waals surface area contributed by atoms with Crippen molar-refractivity contribution in [1.82, 2.24) is 0 Å². The van der Waals surface area contributed by atoms with Crippen LogP contribution in [0.3, 0.4) is 0 Å². The van der Waals surface area contributed by atoms with Gasteiger partial charge in [-0.2, -0.15) is 0 Å². The fraction of sp³-hybridized carbons (Fsp3) is 0.529. The molecule has 19 heavy (non-hydrogen) atoms. The Morgan fingerprint density at radius 3 is 2.21 bits per heavy atom. The summed E-state index contributed by atoms with van der Waals surface area (Å²) in [4.78, 5) is 0. The van der Waals surface area contributed by atoms with Crippen molar-refractivity contribution in [2.45, 2.75) is 51.7 Å². The van der Waals surface area contributed by atoms with Gasteiger partial charge in [0.25, 0.3) is 0 Å². The Kier molecular flexibility index (Phi) is 5.86. The van der Waals surface area contributed by atoms with Gasteiger partial charge in [-0.05, 0) is 24.1 Å². The lowest BCUT2D eigenvalue weighted by molar-refractivity contribution is 0.414. The van der Waals surface area contributed by atoms with Crippen LogP contribution in [-0.2, 0) is 0 Å². The summed E-state index contributed by atoms with van der Waals surface area (Å²) in [6.07, 6.45) is 3.72. The van der Waals surface area contributed by atoms with Crippen LogP contribution in [0.15, 0.2) is 36.0 Å². The molecule has 0 spiro atoms. The van der Waals surface area contributed by atoms with Crippen molar-refractivity contribution in [3.63, 3.8) is 0 Å². The molecule has 1 rings (SSSR count). The average Bonchev–Trinajstić information content (AvgIpc) is 2.38. The quantitative estimate of drug-likeness (QED) is 0.606. The Balaban J connectivity index is 2.98. The Bertz CT molecular complexity index is 400. The van der Waals surface area contributed by atoms with Crippen LogP contribution in [0.1, 0.15) is 37.7 Å². The van der Waals surface area contributed by atoms with E-state index < -0.39 is 8.07 Å². The predicted octanol–water partition coefficient (Wildman–Crippen LogP) is 5.40. The van der Waals surface area contributed by atoms with E-state index in [1.165, 1.54) is 30.0 Å². The first-order valence-corrected chi connectivity index (χ1v) is 10.7. The summed E-state index contributed by atoms with van der Waals surface area (Å²) in [5.41, 5.74) is 1.39. The summed E-state index contributed by atoms with van der Waals surface area (Å²) < 4.78 is 5.24. The van der Waals surface area contributed by atoms with E-state index in [1.807, 2.05) is 0 Å². The molecule has 0 bridgehead atoms. The van der Waals surface area contributed by atoms with Gasteiger partial charge in [-0.25, -0.2) is 0 Å². The van der Waals surface area contributed by atoms with Crippen LogP contribution in [-0.4, -0.2) is 15.2 Å². The molecule has 0 aliphatic heterocycles. The molecule has 1 nitrogen and oxygen atoms in total. The van der Waals surface area contributed by atoms with Gasteiger partial charge in [-0.1, -0.05) is 56.7 Å². The molecule has 0 heterocycles. The van der Waals surface area contributed by atoms with Crippen molar-refractivity contribution in [2.75, 3.05) is 7.11 Å². The minimum atomic E-state index is -1.30. The number of rotatable bonds is 7.